The van der Waals surface area contributed by atoms with Gasteiger partial charge in [-0.25, -0.2) is 8.42 Å². The van der Waals surface area contributed by atoms with Crippen molar-refractivity contribution in [2.24, 2.45) is 5.92 Å². The third kappa shape index (κ3) is 4.48. The fraction of sp³-hybridized carbons (Fsp3) is 0.300. The van der Waals surface area contributed by atoms with Crippen LogP contribution in [-0.4, -0.2) is 33.4 Å². The average Bonchev–Trinajstić information content (AvgIpc) is 2.80. The van der Waals surface area contributed by atoms with Crippen LogP contribution in [0.1, 0.15) is 20.8 Å². The van der Waals surface area contributed by atoms with Gasteiger partial charge in [0, 0.05) is 6.07 Å². The van der Waals surface area contributed by atoms with Crippen molar-refractivity contribution in [1.29, 1.82) is 0 Å². The summed E-state index contributed by atoms with van der Waals surface area (Å²) in [4.78, 5) is 24.0. The van der Waals surface area contributed by atoms with Crippen LogP contribution in [0.15, 0.2) is 41.3 Å². The van der Waals surface area contributed by atoms with Crippen molar-refractivity contribution in [2.75, 3.05) is 28.6 Å². The molecule has 10 heteroatoms. The van der Waals surface area contributed by atoms with Gasteiger partial charge in [-0.2, -0.15) is 0 Å². The molecule has 0 unspecified atom stereocenters. The summed E-state index contributed by atoms with van der Waals surface area (Å²) >= 11 is 0. The van der Waals surface area contributed by atoms with Crippen molar-refractivity contribution in [3.63, 3.8) is 0 Å². The summed E-state index contributed by atoms with van der Waals surface area (Å²) in [5.41, 5.74) is 0.752. The Balaban J connectivity index is 1.95. The number of fused-ring (bicyclic) bond motifs is 1. The van der Waals surface area contributed by atoms with Crippen molar-refractivity contribution in [3.8, 4) is 11.5 Å². The molecule has 30 heavy (non-hydrogen) atoms. The first-order valence-corrected chi connectivity index (χ1v) is 10.9. The molecule has 0 aromatic heterocycles. The number of hydrogen-bond donors (Lipinski definition) is 3. The predicted molar refractivity (Wildman–Crippen MR) is 112 cm³/mol. The van der Waals surface area contributed by atoms with Crippen molar-refractivity contribution in [2.45, 2.75) is 25.7 Å². The highest BCUT2D eigenvalue weighted by Gasteiger charge is 2.28. The molecule has 0 saturated heterocycles. The van der Waals surface area contributed by atoms with Crippen LogP contribution < -0.4 is 24.8 Å². The number of sulfonamides is 1. The van der Waals surface area contributed by atoms with E-state index >= 15 is 0 Å². The Morgan fingerprint density at radius 1 is 0.933 bits per heavy atom. The molecule has 160 valence electrons. The lowest BCUT2D eigenvalue weighted by atomic mass is 10.1. The lowest BCUT2D eigenvalue weighted by Crippen LogP contribution is -2.28. The number of benzene rings is 2. The second-order valence-electron chi connectivity index (χ2n) is 6.54. The molecule has 3 rings (SSSR count). The van der Waals surface area contributed by atoms with E-state index in [1.807, 2.05) is 6.92 Å². The van der Waals surface area contributed by atoms with Crippen LogP contribution in [0, 0.1) is 5.92 Å². The fourth-order valence-corrected chi connectivity index (χ4v) is 3.92. The van der Waals surface area contributed by atoms with Gasteiger partial charge >= 0.3 is 0 Å². The zero-order chi connectivity index (χ0) is 21.9. The van der Waals surface area contributed by atoms with E-state index in [0.717, 1.165) is 0 Å². The first kappa shape index (κ1) is 21.4. The molecule has 0 bridgehead atoms. The number of carbonyl (C=O) groups is 2. The van der Waals surface area contributed by atoms with E-state index in [1.54, 1.807) is 25.1 Å². The number of nitrogens with one attached hydrogen (secondary N) is 3. The second-order valence-corrected chi connectivity index (χ2v) is 8.22. The van der Waals surface area contributed by atoms with Gasteiger partial charge in [-0.3, -0.25) is 14.3 Å². The van der Waals surface area contributed by atoms with Crippen molar-refractivity contribution in [1.82, 2.24) is 0 Å². The monoisotopic (exact) mass is 433 g/mol. The standard InChI is InChI=1S/C20H23N3O6S/c1-4-28-13-6-9-18(29-5-2)17(10-13)23-30(26,27)14-7-8-15-16(11-14)22-20(25)12(3)19(24)21-15/h6-12,23H,4-5H2,1-3H3,(H,21,24)(H,22,25)/t12-/m1/s1. The normalized spacial score (nSPS) is 16.0. The van der Waals surface area contributed by atoms with Gasteiger partial charge in [0.05, 0.1) is 35.2 Å². The van der Waals surface area contributed by atoms with Crippen LogP contribution in [0.3, 0.4) is 0 Å². The lowest BCUT2D eigenvalue weighted by Gasteiger charge is -2.15. The number of carbonyl (C=O) groups excluding carboxylic acids is 2. The third-order valence-electron chi connectivity index (χ3n) is 4.41. The minimum Gasteiger partial charge on any atom is -0.494 e. The second kappa shape index (κ2) is 8.62. The molecule has 1 aliphatic rings. The highest BCUT2D eigenvalue weighted by atomic mass is 32.2. The summed E-state index contributed by atoms with van der Waals surface area (Å²) in [6.45, 7) is 5.86. The van der Waals surface area contributed by atoms with Crippen molar-refractivity contribution < 1.29 is 27.5 Å². The Labute approximate surface area is 174 Å². The van der Waals surface area contributed by atoms with Crippen LogP contribution in [0.5, 0.6) is 11.5 Å². The van der Waals surface area contributed by atoms with Gasteiger partial charge in [-0.05, 0) is 51.1 Å². The van der Waals surface area contributed by atoms with E-state index in [-0.39, 0.29) is 16.3 Å². The van der Waals surface area contributed by atoms with Crippen LogP contribution in [0.4, 0.5) is 17.1 Å². The first-order valence-electron chi connectivity index (χ1n) is 9.43. The van der Waals surface area contributed by atoms with Crippen molar-refractivity contribution in [3.05, 3.63) is 36.4 Å². The Hall–Kier alpha value is -3.27. The molecular formula is C20H23N3O6S. The minimum absolute atomic E-state index is 0.0883. The topological polar surface area (TPSA) is 123 Å². The van der Waals surface area contributed by atoms with Gasteiger partial charge in [-0.15, -0.1) is 0 Å². The molecule has 0 spiro atoms. The van der Waals surface area contributed by atoms with Crippen molar-refractivity contribution >= 4 is 38.9 Å². The average molecular weight is 433 g/mol. The van der Waals surface area contributed by atoms with E-state index in [4.69, 9.17) is 9.47 Å². The molecule has 0 aliphatic carbocycles. The molecule has 0 saturated carbocycles. The van der Waals surface area contributed by atoms with E-state index in [1.165, 1.54) is 25.1 Å². The molecule has 9 nitrogen and oxygen atoms in total. The quantitative estimate of drug-likeness (QED) is 0.577. The summed E-state index contributed by atoms with van der Waals surface area (Å²) in [6, 6.07) is 8.92. The predicted octanol–water partition coefficient (Wildman–Crippen LogP) is 2.81. The Morgan fingerprint density at radius 2 is 1.60 bits per heavy atom. The lowest BCUT2D eigenvalue weighted by molar-refractivity contribution is -0.128. The first-order chi connectivity index (χ1) is 14.2. The Bertz CT molecular complexity index is 1080. The maximum absolute atomic E-state index is 13.0. The Kier molecular flexibility index (Phi) is 6.16. The van der Waals surface area contributed by atoms with Crippen LogP contribution >= 0.6 is 0 Å². The summed E-state index contributed by atoms with van der Waals surface area (Å²) in [7, 11) is -4.03. The van der Waals surface area contributed by atoms with Crippen LogP contribution in [0.25, 0.3) is 0 Å². The smallest absolute Gasteiger partial charge is 0.262 e. The molecule has 1 atom stereocenters. The number of rotatable bonds is 7. The Morgan fingerprint density at radius 3 is 2.27 bits per heavy atom. The summed E-state index contributed by atoms with van der Waals surface area (Å²) in [6.07, 6.45) is 0. The van der Waals surface area contributed by atoms with Crippen LogP contribution in [0.2, 0.25) is 0 Å². The zero-order valence-electron chi connectivity index (χ0n) is 16.8. The van der Waals surface area contributed by atoms with Crippen LogP contribution in [-0.2, 0) is 19.6 Å². The van der Waals surface area contributed by atoms with Gasteiger partial charge in [0.15, 0.2) is 0 Å². The van der Waals surface area contributed by atoms with E-state index in [2.05, 4.69) is 15.4 Å². The molecule has 0 fully saturated rings. The largest absolute Gasteiger partial charge is 0.494 e. The molecule has 2 aromatic carbocycles. The van der Waals surface area contributed by atoms with Gasteiger partial charge in [0.2, 0.25) is 11.8 Å². The van der Waals surface area contributed by atoms with E-state index < -0.39 is 27.8 Å². The van der Waals surface area contributed by atoms with Gasteiger partial charge in [0.25, 0.3) is 10.0 Å². The highest BCUT2D eigenvalue weighted by molar-refractivity contribution is 7.92. The van der Waals surface area contributed by atoms with Gasteiger partial charge in [-0.1, -0.05) is 0 Å². The molecule has 1 aliphatic heterocycles. The molecule has 3 N–H and O–H groups in total. The number of hydrogen-bond acceptors (Lipinski definition) is 6. The summed E-state index contributed by atoms with van der Waals surface area (Å²) < 4.78 is 39.5. The maximum Gasteiger partial charge on any atom is 0.262 e. The minimum atomic E-state index is -4.03. The summed E-state index contributed by atoms with van der Waals surface area (Å²) in [5.74, 6) is -1.03. The SMILES string of the molecule is CCOc1ccc(OCC)c(NS(=O)(=O)c2ccc3c(c2)NC(=O)[C@H](C)C(=O)N3)c1. The third-order valence-corrected chi connectivity index (χ3v) is 5.77. The van der Waals surface area contributed by atoms with Gasteiger partial charge < -0.3 is 20.1 Å². The fourth-order valence-electron chi connectivity index (χ4n) is 2.83. The highest BCUT2D eigenvalue weighted by Crippen LogP contribution is 2.33. The zero-order valence-corrected chi connectivity index (χ0v) is 17.6. The number of anilines is 3. The number of ether oxygens (including phenoxy) is 2. The summed E-state index contributed by atoms with van der Waals surface area (Å²) in [5, 5.41) is 5.18. The molecular weight excluding hydrogens is 410 g/mol. The van der Waals surface area contributed by atoms with Gasteiger partial charge in [0.1, 0.15) is 17.4 Å². The molecule has 0 radical (unpaired) electrons. The van der Waals surface area contributed by atoms with E-state index in [0.29, 0.717) is 30.4 Å². The molecule has 2 aromatic rings. The van der Waals surface area contributed by atoms with E-state index in [9.17, 15) is 18.0 Å². The molecule has 1 heterocycles. The maximum atomic E-state index is 13.0. The molecule has 2 amide bonds. The number of amides is 2.